The summed E-state index contributed by atoms with van der Waals surface area (Å²) in [5.74, 6) is 1.61. The number of rotatable bonds is 3. The summed E-state index contributed by atoms with van der Waals surface area (Å²) in [4.78, 5) is 27.3. The van der Waals surface area contributed by atoms with Crippen LogP contribution in [0.4, 0.5) is 0 Å². The molecule has 0 spiro atoms. The number of ether oxygens (including phenoxy) is 1. The molecule has 0 fully saturated rings. The second-order valence-electron chi connectivity index (χ2n) is 7.33. The number of nitrogens with zero attached hydrogens (tertiary/aromatic N) is 4. The summed E-state index contributed by atoms with van der Waals surface area (Å²) in [6, 6.07) is 2.07. The molecule has 4 heterocycles. The molecule has 0 aliphatic carbocycles. The molecular formula is C19H24N4O2S. The fourth-order valence-electron chi connectivity index (χ4n) is 3.73. The van der Waals surface area contributed by atoms with Gasteiger partial charge in [-0.3, -0.25) is 9.69 Å². The largest absolute Gasteiger partial charge is 0.472 e. The molecule has 0 radical (unpaired) electrons. The highest BCUT2D eigenvalue weighted by molar-refractivity contribution is 7.14. The molecule has 0 N–H and O–H groups in total. The number of thiophene rings is 1. The minimum atomic E-state index is 0.0925. The van der Waals surface area contributed by atoms with E-state index < -0.39 is 0 Å². The Hall–Kier alpha value is -1.99. The van der Waals surface area contributed by atoms with Crippen LogP contribution >= 0.6 is 11.3 Å². The van der Waals surface area contributed by atoms with E-state index >= 15 is 0 Å². The van der Waals surface area contributed by atoms with Crippen molar-refractivity contribution >= 4 is 17.2 Å². The molecule has 2 aromatic rings. The van der Waals surface area contributed by atoms with Gasteiger partial charge in [0.15, 0.2) is 0 Å². The summed E-state index contributed by atoms with van der Waals surface area (Å²) < 4.78 is 6.08. The van der Waals surface area contributed by atoms with E-state index in [9.17, 15) is 4.79 Å². The molecule has 0 aromatic carbocycles. The van der Waals surface area contributed by atoms with Crippen molar-refractivity contribution in [2.24, 2.45) is 0 Å². The van der Waals surface area contributed by atoms with Crippen LogP contribution in [0.5, 0.6) is 5.88 Å². The monoisotopic (exact) mass is 372 g/mol. The number of amides is 1. The van der Waals surface area contributed by atoms with Crippen LogP contribution in [0.3, 0.4) is 0 Å². The van der Waals surface area contributed by atoms with Crippen molar-refractivity contribution in [3.05, 3.63) is 38.5 Å². The second-order valence-corrected chi connectivity index (χ2v) is 8.46. The molecule has 1 amide bonds. The van der Waals surface area contributed by atoms with Crippen molar-refractivity contribution in [1.82, 2.24) is 19.8 Å². The van der Waals surface area contributed by atoms with Gasteiger partial charge in [-0.05, 0) is 31.9 Å². The Morgan fingerprint density at radius 3 is 2.96 bits per heavy atom. The summed E-state index contributed by atoms with van der Waals surface area (Å²) in [6.07, 6.45) is 2.00. The van der Waals surface area contributed by atoms with E-state index in [2.05, 4.69) is 20.9 Å². The zero-order valence-electron chi connectivity index (χ0n) is 15.7. The third-order valence-electron chi connectivity index (χ3n) is 5.02. The first-order valence-corrected chi connectivity index (χ1v) is 9.78. The van der Waals surface area contributed by atoms with E-state index in [4.69, 9.17) is 4.74 Å². The molecule has 0 bridgehead atoms. The summed E-state index contributed by atoms with van der Waals surface area (Å²) in [5, 5.41) is 0. The fourth-order valence-corrected chi connectivity index (χ4v) is 4.91. The Labute approximate surface area is 157 Å². The Bertz CT molecular complexity index is 861. The maximum Gasteiger partial charge on any atom is 0.263 e. The zero-order chi connectivity index (χ0) is 18.4. The lowest BCUT2D eigenvalue weighted by Crippen LogP contribution is -2.37. The summed E-state index contributed by atoms with van der Waals surface area (Å²) in [5.41, 5.74) is 3.46. The quantitative estimate of drug-likeness (QED) is 0.827. The van der Waals surface area contributed by atoms with Crippen molar-refractivity contribution in [3.8, 4) is 5.88 Å². The molecule has 26 heavy (non-hydrogen) atoms. The van der Waals surface area contributed by atoms with Gasteiger partial charge in [0.2, 0.25) is 5.88 Å². The molecule has 4 rings (SSSR count). The van der Waals surface area contributed by atoms with Gasteiger partial charge in [0, 0.05) is 56.3 Å². The van der Waals surface area contributed by atoms with Gasteiger partial charge in [-0.1, -0.05) is 0 Å². The third kappa shape index (κ3) is 3.21. The predicted octanol–water partition coefficient (Wildman–Crippen LogP) is 2.22. The van der Waals surface area contributed by atoms with Crippen LogP contribution < -0.4 is 4.74 Å². The van der Waals surface area contributed by atoms with E-state index in [0.717, 1.165) is 60.3 Å². The van der Waals surface area contributed by atoms with Crippen LogP contribution in [-0.4, -0.2) is 59.0 Å². The number of hydrogen-bond donors (Lipinski definition) is 0. The predicted molar refractivity (Wildman–Crippen MR) is 101 cm³/mol. The van der Waals surface area contributed by atoms with Crippen molar-refractivity contribution in [1.29, 1.82) is 0 Å². The van der Waals surface area contributed by atoms with Gasteiger partial charge in [0.1, 0.15) is 11.9 Å². The smallest absolute Gasteiger partial charge is 0.263 e. The summed E-state index contributed by atoms with van der Waals surface area (Å²) >= 11 is 1.64. The van der Waals surface area contributed by atoms with Crippen molar-refractivity contribution < 1.29 is 9.53 Å². The van der Waals surface area contributed by atoms with Gasteiger partial charge in [-0.15, -0.1) is 11.3 Å². The van der Waals surface area contributed by atoms with Crippen molar-refractivity contribution in [3.63, 3.8) is 0 Å². The molecular weight excluding hydrogens is 348 g/mol. The van der Waals surface area contributed by atoms with E-state index in [0.29, 0.717) is 0 Å². The van der Waals surface area contributed by atoms with Gasteiger partial charge in [-0.25, -0.2) is 4.98 Å². The number of carbonyl (C=O) groups excluding carboxylic acids is 1. The molecule has 2 aliphatic heterocycles. The molecule has 2 aliphatic rings. The number of aromatic nitrogens is 2. The Kier molecular flexibility index (Phi) is 4.44. The molecule has 0 unspecified atom stereocenters. The highest BCUT2D eigenvalue weighted by Gasteiger charge is 2.30. The average molecular weight is 372 g/mol. The van der Waals surface area contributed by atoms with Gasteiger partial charge < -0.3 is 9.64 Å². The lowest BCUT2D eigenvalue weighted by Gasteiger charge is -2.28. The van der Waals surface area contributed by atoms with Crippen LogP contribution in [-0.2, 0) is 19.4 Å². The second kappa shape index (κ2) is 6.63. The van der Waals surface area contributed by atoms with E-state index in [1.54, 1.807) is 30.3 Å². The highest BCUT2D eigenvalue weighted by atomic mass is 32.1. The fraction of sp³-hybridized carbons (Fsp3) is 0.526. The van der Waals surface area contributed by atoms with Crippen molar-refractivity contribution in [2.75, 3.05) is 27.2 Å². The average Bonchev–Trinajstić information content (AvgIpc) is 3.17. The third-order valence-corrected chi connectivity index (χ3v) is 6.25. The molecule has 2 aromatic heterocycles. The van der Waals surface area contributed by atoms with Crippen LogP contribution in [0.15, 0.2) is 6.07 Å². The Balaban J connectivity index is 1.43. The molecule has 1 atom stereocenters. The van der Waals surface area contributed by atoms with E-state index in [1.807, 2.05) is 13.8 Å². The Morgan fingerprint density at radius 1 is 1.38 bits per heavy atom. The van der Waals surface area contributed by atoms with E-state index in [1.165, 1.54) is 10.4 Å². The lowest BCUT2D eigenvalue weighted by molar-refractivity contribution is 0.0832. The first-order valence-electron chi connectivity index (χ1n) is 8.97. The maximum absolute atomic E-state index is 12.2. The number of hydrogen-bond acceptors (Lipinski definition) is 6. The molecule has 0 saturated carbocycles. The van der Waals surface area contributed by atoms with Gasteiger partial charge in [0.25, 0.3) is 5.91 Å². The van der Waals surface area contributed by atoms with Crippen LogP contribution in [0, 0.1) is 13.8 Å². The van der Waals surface area contributed by atoms with Gasteiger partial charge >= 0.3 is 0 Å². The first-order chi connectivity index (χ1) is 12.4. The normalized spacial score (nSPS) is 19.0. The minimum Gasteiger partial charge on any atom is -0.472 e. The van der Waals surface area contributed by atoms with Gasteiger partial charge in [0.05, 0.1) is 4.88 Å². The van der Waals surface area contributed by atoms with Crippen LogP contribution in [0.1, 0.15) is 37.2 Å². The summed E-state index contributed by atoms with van der Waals surface area (Å²) in [6.45, 7) is 6.69. The standard InChI is InChI=1S/C19H24N4O2S/c1-11-15-8-14(25-18(15)21-12(2)20-11)10-23-6-5-16-13(9-23)7-17(26-16)19(24)22(3)4/h7,14H,5-6,8-10H2,1-4H3/t14-/m0/s1. The molecule has 7 heteroatoms. The molecule has 6 nitrogen and oxygen atoms in total. The van der Waals surface area contributed by atoms with E-state index in [-0.39, 0.29) is 12.0 Å². The lowest BCUT2D eigenvalue weighted by atomic mass is 10.1. The topological polar surface area (TPSA) is 58.6 Å². The molecule has 138 valence electrons. The van der Waals surface area contributed by atoms with Gasteiger partial charge in [-0.2, -0.15) is 4.98 Å². The first kappa shape index (κ1) is 17.4. The highest BCUT2D eigenvalue weighted by Crippen LogP contribution is 2.32. The van der Waals surface area contributed by atoms with Crippen LogP contribution in [0.25, 0.3) is 0 Å². The van der Waals surface area contributed by atoms with Crippen molar-refractivity contribution in [2.45, 2.75) is 39.3 Å². The zero-order valence-corrected chi connectivity index (χ0v) is 16.5. The Morgan fingerprint density at radius 2 is 2.19 bits per heavy atom. The maximum atomic E-state index is 12.2. The van der Waals surface area contributed by atoms with Crippen LogP contribution in [0.2, 0.25) is 0 Å². The minimum absolute atomic E-state index is 0.0925. The molecule has 0 saturated heterocycles. The number of aryl methyl sites for hydroxylation is 2. The SMILES string of the molecule is Cc1nc(C)c2c(n1)O[C@H](CN1CCc3sc(C(=O)N(C)C)cc3C1)C2. The summed E-state index contributed by atoms with van der Waals surface area (Å²) in [7, 11) is 3.60. The number of carbonyl (C=O) groups is 1. The number of fused-ring (bicyclic) bond motifs is 2.